The quantitative estimate of drug-likeness (QED) is 0.267. The third-order valence-corrected chi connectivity index (χ3v) is 16.1. The summed E-state index contributed by atoms with van der Waals surface area (Å²) in [5.41, 5.74) is 25.1. The molecule has 0 saturated heterocycles. The summed E-state index contributed by atoms with van der Waals surface area (Å²) in [7, 11) is -8.37. The highest BCUT2D eigenvalue weighted by Crippen LogP contribution is 2.63. The van der Waals surface area contributed by atoms with E-state index in [4.69, 9.17) is 31.3 Å². The van der Waals surface area contributed by atoms with Gasteiger partial charge < -0.3 is 4.74 Å². The third kappa shape index (κ3) is 12.4. The normalized spacial score (nSPS) is 21.4. The highest BCUT2D eigenvalue weighted by atomic mass is 31.2. The van der Waals surface area contributed by atoms with Crippen molar-refractivity contribution in [2.75, 3.05) is 67.3 Å². The second-order valence-electron chi connectivity index (χ2n) is 6.79. The molecule has 0 heterocycles. The molecule has 0 aromatic rings. The van der Waals surface area contributed by atoms with Gasteiger partial charge in [-0.3, -0.25) is 31.8 Å². The molecule has 0 bridgehead atoms. The van der Waals surface area contributed by atoms with Gasteiger partial charge in [-0.25, -0.2) is 18.1 Å². The Labute approximate surface area is 159 Å². The number of nitrogens with one attached hydrogen (secondary N) is 1. The van der Waals surface area contributed by atoms with Crippen molar-refractivity contribution in [1.82, 2.24) is 5.09 Å². The Hall–Kier alpha value is 0.910. The molecule has 0 radical (unpaired) electrons. The summed E-state index contributed by atoms with van der Waals surface area (Å²) in [6.07, 6.45) is 0. The highest BCUT2D eigenvalue weighted by Gasteiger charge is 2.19. The Balaban J connectivity index is 6.07. The van der Waals surface area contributed by atoms with Crippen LogP contribution in [-0.2, 0) is 4.74 Å². The van der Waals surface area contributed by atoms with Crippen LogP contribution in [0.1, 0.15) is 0 Å². The van der Waals surface area contributed by atoms with E-state index in [-0.39, 0.29) is 0 Å². The number of nitrogens with two attached hydrogens (primary N) is 4. The molecule has 11 nitrogen and oxygen atoms in total. The molecule has 0 fully saturated rings. The smallest absolute Gasteiger partial charge is 0.140 e. The first-order chi connectivity index (χ1) is 11.4. The maximum absolute atomic E-state index is 6.40. The van der Waals surface area contributed by atoms with Gasteiger partial charge in [0.1, 0.15) is 29.4 Å². The van der Waals surface area contributed by atoms with Crippen LogP contribution in [0.5, 0.6) is 0 Å². The van der Waals surface area contributed by atoms with Crippen molar-refractivity contribution >= 4 is 36.6 Å². The lowest BCUT2D eigenvalue weighted by Crippen LogP contribution is -2.15. The largest absolute Gasteiger partial charge is 0.383 e. The second kappa shape index (κ2) is 10.1. The topological polar surface area (TPSA) is 187 Å². The van der Waals surface area contributed by atoms with Crippen LogP contribution in [0.3, 0.4) is 0 Å². The van der Waals surface area contributed by atoms with Gasteiger partial charge in [0, 0.05) is 54.6 Å². The van der Waals surface area contributed by atoms with Gasteiger partial charge in [0.15, 0.2) is 0 Å². The zero-order valence-electron chi connectivity index (χ0n) is 17.1. The Kier molecular flexibility index (Phi) is 10.4. The van der Waals surface area contributed by atoms with Crippen LogP contribution in [-0.4, -0.2) is 67.3 Å². The molecule has 0 amide bonds. The summed E-state index contributed by atoms with van der Waals surface area (Å²) in [5.74, 6) is 0. The van der Waals surface area contributed by atoms with Gasteiger partial charge in [-0.05, 0) is 13.3 Å². The van der Waals surface area contributed by atoms with Crippen molar-refractivity contribution in [3.05, 3.63) is 0 Å². The molecule has 0 spiro atoms. The minimum Gasteiger partial charge on any atom is -0.383 e. The predicted molar refractivity (Wildman–Crippen MR) is 125 cm³/mol. The third-order valence-electron chi connectivity index (χ3n) is 2.60. The number of rotatable bonds is 8. The average molecular weight is 468 g/mol. The fraction of sp³-hybridized carbons (Fsp3) is 1.00. The molecule has 0 saturated carbocycles. The standard InChI is InChI=1S/C10H37N10OP5/c1-15-26(8,16-9-10-21-2)20-25(7,14)19-24(6,13)18-23(5,12)17-22(3,4)11/h16H,9-14H2,1-8H3. The molecule has 0 aliphatic rings. The van der Waals surface area contributed by atoms with Crippen molar-refractivity contribution in [3.63, 3.8) is 0 Å². The fourth-order valence-electron chi connectivity index (χ4n) is 2.11. The van der Waals surface area contributed by atoms with Gasteiger partial charge in [0.2, 0.25) is 0 Å². The molecule has 26 heavy (non-hydrogen) atoms. The second-order valence-corrected chi connectivity index (χ2v) is 21.0. The van der Waals surface area contributed by atoms with Crippen molar-refractivity contribution in [1.29, 1.82) is 0 Å². The van der Waals surface area contributed by atoms with Crippen LogP contribution in [0.25, 0.3) is 0 Å². The van der Waals surface area contributed by atoms with Crippen LogP contribution < -0.4 is 27.1 Å². The summed E-state index contributed by atoms with van der Waals surface area (Å²) in [4.78, 5) is 0. The molecule has 0 aliphatic heterocycles. The lowest BCUT2D eigenvalue weighted by molar-refractivity contribution is 0.204. The molecule has 0 aromatic heterocycles. The van der Waals surface area contributed by atoms with Gasteiger partial charge in [-0.15, -0.1) is 0 Å². The van der Waals surface area contributed by atoms with E-state index >= 15 is 0 Å². The van der Waals surface area contributed by atoms with E-state index in [0.29, 0.717) is 13.2 Å². The van der Waals surface area contributed by atoms with Crippen molar-refractivity contribution in [3.8, 4) is 0 Å². The molecular weight excluding hydrogens is 431 g/mol. The summed E-state index contributed by atoms with van der Waals surface area (Å²) >= 11 is 0. The predicted octanol–water partition coefficient (Wildman–Crippen LogP) is 3.71. The van der Waals surface area contributed by atoms with Crippen LogP contribution in [0.2, 0.25) is 0 Å². The Bertz CT molecular complexity index is 740. The van der Waals surface area contributed by atoms with Crippen molar-refractivity contribution < 1.29 is 4.74 Å². The summed E-state index contributed by atoms with van der Waals surface area (Å²) in [6, 6.07) is 0. The van der Waals surface area contributed by atoms with Crippen LogP contribution in [0.4, 0.5) is 0 Å². The van der Waals surface area contributed by atoms with Gasteiger partial charge >= 0.3 is 0 Å². The van der Waals surface area contributed by atoms with E-state index in [0.717, 1.165) is 0 Å². The van der Waals surface area contributed by atoms with Gasteiger partial charge in [0.25, 0.3) is 0 Å². The SMILES string of the molecule is CN=P(C)(N=P(C)(N)N=P(C)(N)N=P(C)(N)N=P(C)(C)N)NCCOC. The van der Waals surface area contributed by atoms with Gasteiger partial charge in [-0.2, -0.15) is 0 Å². The zero-order chi connectivity index (χ0) is 20.9. The van der Waals surface area contributed by atoms with E-state index < -0.39 is 36.6 Å². The van der Waals surface area contributed by atoms with E-state index in [1.165, 1.54) is 0 Å². The van der Waals surface area contributed by atoms with Crippen molar-refractivity contribution in [2.24, 2.45) is 44.8 Å². The van der Waals surface area contributed by atoms with Gasteiger partial charge in [-0.1, -0.05) is 0 Å². The molecule has 0 rings (SSSR count). The minimum atomic E-state index is -2.60. The number of methoxy groups -OCH3 is 1. The Morgan fingerprint density at radius 2 is 1.19 bits per heavy atom. The number of nitrogens with zero attached hydrogens (tertiary/aromatic N) is 5. The Morgan fingerprint density at radius 3 is 1.58 bits per heavy atom. The molecule has 4 atom stereocenters. The molecule has 16 heteroatoms. The van der Waals surface area contributed by atoms with Crippen LogP contribution >= 0.6 is 36.6 Å². The minimum absolute atomic E-state index is 0.559. The summed E-state index contributed by atoms with van der Waals surface area (Å²) < 4.78 is 27.9. The monoisotopic (exact) mass is 468 g/mol. The fourth-order valence-corrected chi connectivity index (χ4v) is 17.2. The lowest BCUT2D eigenvalue weighted by Gasteiger charge is -2.23. The van der Waals surface area contributed by atoms with Gasteiger partial charge in [0.05, 0.1) is 6.61 Å². The first-order valence-electron chi connectivity index (χ1n) is 7.74. The molecule has 0 aliphatic carbocycles. The van der Waals surface area contributed by atoms with E-state index in [2.05, 4.69) is 23.4 Å². The highest BCUT2D eigenvalue weighted by molar-refractivity contribution is 7.82. The van der Waals surface area contributed by atoms with Crippen LogP contribution in [0.15, 0.2) is 22.8 Å². The molecule has 158 valence electrons. The maximum Gasteiger partial charge on any atom is 0.140 e. The van der Waals surface area contributed by atoms with E-state index in [1.54, 1.807) is 34.2 Å². The van der Waals surface area contributed by atoms with Crippen LogP contribution in [0, 0.1) is 0 Å². The first kappa shape index (κ1) is 26.9. The van der Waals surface area contributed by atoms with Crippen molar-refractivity contribution in [2.45, 2.75) is 0 Å². The van der Waals surface area contributed by atoms with E-state index in [9.17, 15) is 0 Å². The molecule has 9 N–H and O–H groups in total. The lowest BCUT2D eigenvalue weighted by atomic mass is 10.7. The molecule has 4 unspecified atom stereocenters. The number of hydrogen-bond donors (Lipinski definition) is 5. The number of hydrogen-bond acceptors (Lipinski definition) is 2. The van der Waals surface area contributed by atoms with E-state index in [1.807, 2.05) is 20.0 Å². The summed E-state index contributed by atoms with van der Waals surface area (Å²) in [5, 5.41) is 3.30. The maximum atomic E-state index is 6.40. The molecule has 0 aromatic carbocycles. The zero-order valence-corrected chi connectivity index (χ0v) is 21.6. The summed E-state index contributed by atoms with van der Waals surface area (Å²) in [6.45, 7) is 12.2. The molecular formula is C10H37N10OP5. The first-order valence-corrected chi connectivity index (χ1v) is 19.2. The Morgan fingerprint density at radius 1 is 0.769 bits per heavy atom. The number of ether oxygens (including phenoxy) is 1. The average Bonchev–Trinajstić information content (AvgIpc) is 2.31.